The molecule has 6 nitrogen and oxygen atoms in total. The van der Waals surface area contributed by atoms with Crippen molar-refractivity contribution in [3.63, 3.8) is 0 Å². The monoisotopic (exact) mass is 451 g/mol. The van der Waals surface area contributed by atoms with Crippen molar-refractivity contribution in [2.24, 2.45) is 0 Å². The highest BCUT2D eigenvalue weighted by Gasteiger charge is 2.34. The number of fused-ring (bicyclic) bond motifs is 5. The molecular weight excluding hydrogens is 422 g/mol. The van der Waals surface area contributed by atoms with Crippen LogP contribution in [0.3, 0.4) is 0 Å². The highest BCUT2D eigenvalue weighted by Crippen LogP contribution is 2.43. The second-order valence-corrected chi connectivity index (χ2v) is 9.43. The lowest BCUT2D eigenvalue weighted by Gasteiger charge is -2.30. The average molecular weight is 452 g/mol. The van der Waals surface area contributed by atoms with Crippen LogP contribution in [0, 0.1) is 0 Å². The van der Waals surface area contributed by atoms with Crippen LogP contribution in [-0.2, 0) is 19.4 Å². The summed E-state index contributed by atoms with van der Waals surface area (Å²) in [6, 6.07) is 9.56. The van der Waals surface area contributed by atoms with E-state index in [1.807, 2.05) is 28.4 Å². The standard InChI is InChI=1S/C25H29N3O3S/c1-4-20-21-9-7-13-27(21)24-18(17-8-5-6-10-23(17)32-24)15-28(20)25(29)26-19-12-11-16(30-2)14-22(19)31-3/h7,9,11-14,20H,4-6,8,10,15H2,1-3H3,(H,26,29)/t20-/m1/s1. The molecule has 32 heavy (non-hydrogen) atoms. The van der Waals surface area contributed by atoms with Gasteiger partial charge in [-0.15, -0.1) is 11.3 Å². The van der Waals surface area contributed by atoms with E-state index in [1.165, 1.54) is 39.5 Å². The first-order chi connectivity index (χ1) is 15.6. The van der Waals surface area contributed by atoms with E-state index in [2.05, 4.69) is 35.1 Å². The number of thiophene rings is 1. The second-order valence-electron chi connectivity index (χ2n) is 8.35. The molecule has 0 spiro atoms. The predicted octanol–water partition coefficient (Wildman–Crippen LogP) is 5.93. The number of aromatic nitrogens is 1. The summed E-state index contributed by atoms with van der Waals surface area (Å²) in [5.74, 6) is 1.27. The van der Waals surface area contributed by atoms with E-state index in [1.54, 1.807) is 20.3 Å². The van der Waals surface area contributed by atoms with Gasteiger partial charge in [-0.1, -0.05) is 6.92 Å². The first kappa shape index (κ1) is 20.9. The van der Waals surface area contributed by atoms with E-state index in [-0.39, 0.29) is 12.1 Å². The fourth-order valence-electron chi connectivity index (χ4n) is 5.00. The molecule has 5 rings (SSSR count). The quantitative estimate of drug-likeness (QED) is 0.535. The number of urea groups is 1. The first-order valence-corrected chi connectivity index (χ1v) is 12.1. The first-order valence-electron chi connectivity index (χ1n) is 11.2. The third-order valence-corrected chi connectivity index (χ3v) is 7.94. The number of carbonyl (C=O) groups excluding carboxylic acids is 1. The molecule has 0 saturated carbocycles. The highest BCUT2D eigenvalue weighted by atomic mass is 32.1. The van der Waals surface area contributed by atoms with Gasteiger partial charge in [-0.05, 0) is 61.9 Å². The summed E-state index contributed by atoms with van der Waals surface area (Å²) in [5.41, 5.74) is 4.59. The number of methoxy groups -OCH3 is 2. The smallest absolute Gasteiger partial charge is 0.322 e. The summed E-state index contributed by atoms with van der Waals surface area (Å²) in [6.45, 7) is 2.76. The number of nitrogens with one attached hydrogen (secondary N) is 1. The Hall–Kier alpha value is -2.93. The Morgan fingerprint density at radius 1 is 1.16 bits per heavy atom. The Balaban J connectivity index is 1.54. The zero-order chi connectivity index (χ0) is 22.2. The molecule has 2 aliphatic rings. The highest BCUT2D eigenvalue weighted by molar-refractivity contribution is 7.15. The van der Waals surface area contributed by atoms with Crippen LogP contribution in [0.5, 0.6) is 11.5 Å². The number of carbonyl (C=O) groups is 1. The molecule has 2 amide bonds. The number of benzene rings is 1. The summed E-state index contributed by atoms with van der Waals surface area (Å²) >= 11 is 1.91. The molecule has 3 heterocycles. The van der Waals surface area contributed by atoms with E-state index in [0.717, 1.165) is 19.3 Å². The van der Waals surface area contributed by atoms with Crippen LogP contribution in [0.1, 0.15) is 53.9 Å². The fraction of sp³-hybridized carbons (Fsp3) is 0.400. The molecule has 1 aromatic carbocycles. The summed E-state index contributed by atoms with van der Waals surface area (Å²) in [5, 5.41) is 4.39. The van der Waals surface area contributed by atoms with Crippen LogP contribution < -0.4 is 14.8 Å². The van der Waals surface area contributed by atoms with Crippen molar-refractivity contribution < 1.29 is 14.3 Å². The summed E-state index contributed by atoms with van der Waals surface area (Å²) in [7, 11) is 3.21. The fourth-order valence-corrected chi connectivity index (χ4v) is 6.40. The molecule has 3 aromatic rings. The van der Waals surface area contributed by atoms with Crippen molar-refractivity contribution in [1.29, 1.82) is 0 Å². The number of aryl methyl sites for hydroxylation is 1. The largest absolute Gasteiger partial charge is 0.497 e. The maximum Gasteiger partial charge on any atom is 0.322 e. The van der Waals surface area contributed by atoms with Crippen LogP contribution >= 0.6 is 11.3 Å². The third kappa shape index (κ3) is 3.45. The molecule has 0 bridgehead atoms. The van der Waals surface area contributed by atoms with Crippen LogP contribution in [0.4, 0.5) is 10.5 Å². The minimum atomic E-state index is -0.114. The third-order valence-electron chi connectivity index (χ3n) is 6.60. The number of nitrogens with zero attached hydrogens (tertiary/aromatic N) is 2. The maximum atomic E-state index is 13.7. The Bertz CT molecular complexity index is 1150. The van der Waals surface area contributed by atoms with Gasteiger partial charge in [-0.2, -0.15) is 0 Å². The Morgan fingerprint density at radius 2 is 2.00 bits per heavy atom. The van der Waals surface area contributed by atoms with Crippen molar-refractivity contribution in [2.75, 3.05) is 19.5 Å². The van der Waals surface area contributed by atoms with E-state index in [4.69, 9.17) is 9.47 Å². The molecule has 1 aliphatic heterocycles. The zero-order valence-corrected chi connectivity index (χ0v) is 19.6. The van der Waals surface area contributed by atoms with Gasteiger partial charge in [-0.25, -0.2) is 4.79 Å². The van der Waals surface area contributed by atoms with E-state index >= 15 is 0 Å². The molecule has 2 aromatic heterocycles. The van der Waals surface area contributed by atoms with E-state index in [9.17, 15) is 4.79 Å². The summed E-state index contributed by atoms with van der Waals surface area (Å²) < 4.78 is 13.1. The second kappa shape index (κ2) is 8.54. The number of anilines is 1. The van der Waals surface area contributed by atoms with Gasteiger partial charge in [0.1, 0.15) is 16.5 Å². The van der Waals surface area contributed by atoms with Gasteiger partial charge in [0.05, 0.1) is 32.5 Å². The van der Waals surface area contributed by atoms with Gasteiger partial charge in [0.15, 0.2) is 0 Å². The molecule has 0 radical (unpaired) electrons. The summed E-state index contributed by atoms with van der Waals surface area (Å²) in [4.78, 5) is 17.1. The molecule has 168 valence electrons. The lowest BCUT2D eigenvalue weighted by atomic mass is 9.95. The molecule has 7 heteroatoms. The van der Waals surface area contributed by atoms with Crippen LogP contribution in [0.2, 0.25) is 0 Å². The lowest BCUT2D eigenvalue weighted by Crippen LogP contribution is -2.37. The number of hydrogen-bond donors (Lipinski definition) is 1. The van der Waals surface area contributed by atoms with Crippen molar-refractivity contribution >= 4 is 23.1 Å². The zero-order valence-electron chi connectivity index (χ0n) is 18.8. The molecule has 1 atom stereocenters. The molecule has 1 aliphatic carbocycles. The van der Waals surface area contributed by atoms with Gasteiger partial charge >= 0.3 is 6.03 Å². The van der Waals surface area contributed by atoms with Crippen molar-refractivity contribution in [2.45, 2.75) is 51.6 Å². The molecular formula is C25H29N3O3S. The van der Waals surface area contributed by atoms with E-state index < -0.39 is 0 Å². The predicted molar refractivity (Wildman–Crippen MR) is 127 cm³/mol. The van der Waals surface area contributed by atoms with Crippen LogP contribution in [0.15, 0.2) is 36.5 Å². The van der Waals surface area contributed by atoms with Crippen molar-refractivity contribution in [3.8, 4) is 16.5 Å². The minimum absolute atomic E-state index is 0.00640. The van der Waals surface area contributed by atoms with E-state index in [0.29, 0.717) is 23.7 Å². The Labute approximate surface area is 192 Å². The topological polar surface area (TPSA) is 55.7 Å². The maximum absolute atomic E-state index is 13.7. The van der Waals surface area contributed by atoms with Gasteiger partial charge < -0.3 is 24.3 Å². The van der Waals surface area contributed by atoms with Gasteiger partial charge in [0, 0.05) is 28.4 Å². The molecule has 0 fully saturated rings. The number of hydrogen-bond acceptors (Lipinski definition) is 4. The van der Waals surface area contributed by atoms with Gasteiger partial charge in [0.25, 0.3) is 0 Å². The van der Waals surface area contributed by atoms with Crippen molar-refractivity contribution in [1.82, 2.24) is 9.47 Å². The van der Waals surface area contributed by atoms with Gasteiger partial charge in [0.2, 0.25) is 0 Å². The molecule has 1 N–H and O–H groups in total. The van der Waals surface area contributed by atoms with Crippen LogP contribution in [-0.4, -0.2) is 29.7 Å². The van der Waals surface area contributed by atoms with Crippen molar-refractivity contribution in [3.05, 3.63) is 58.2 Å². The van der Waals surface area contributed by atoms with Gasteiger partial charge in [-0.3, -0.25) is 0 Å². The minimum Gasteiger partial charge on any atom is -0.497 e. The number of ether oxygens (including phenoxy) is 2. The molecule has 0 unspecified atom stereocenters. The van der Waals surface area contributed by atoms with Crippen LogP contribution in [0.25, 0.3) is 5.00 Å². The molecule has 0 saturated heterocycles. The lowest BCUT2D eigenvalue weighted by molar-refractivity contribution is 0.181. The Kier molecular flexibility index (Phi) is 5.59. The summed E-state index contributed by atoms with van der Waals surface area (Å²) in [6.07, 6.45) is 7.72. The SMILES string of the molecule is CC[C@@H]1c2cccn2-c2sc3c(c2CN1C(=O)Nc1ccc(OC)cc1OC)CCCC3. The number of amides is 2. The normalized spacial score (nSPS) is 17.1. The Morgan fingerprint density at radius 3 is 2.78 bits per heavy atom. The average Bonchev–Trinajstić information content (AvgIpc) is 3.41. The number of rotatable bonds is 4.